The van der Waals surface area contributed by atoms with E-state index in [0.29, 0.717) is 22.9 Å². The van der Waals surface area contributed by atoms with E-state index in [1.165, 1.54) is 33.5 Å². The summed E-state index contributed by atoms with van der Waals surface area (Å²) in [6, 6.07) is 2.97. The van der Waals surface area contributed by atoms with Gasteiger partial charge in [-0.15, -0.1) is 0 Å². The van der Waals surface area contributed by atoms with E-state index in [-0.39, 0.29) is 15.6 Å². The molecule has 2 amide bonds. The maximum atomic E-state index is 12.6. The minimum atomic E-state index is -1.16. The summed E-state index contributed by atoms with van der Waals surface area (Å²) in [5.41, 5.74) is 0.604. The molecule has 2 aromatic rings. The van der Waals surface area contributed by atoms with Crippen LogP contribution in [0.1, 0.15) is 25.7 Å². The molecule has 1 heterocycles. The molecule has 0 aliphatic carbocycles. The van der Waals surface area contributed by atoms with Crippen LogP contribution < -0.4 is 24.8 Å². The van der Waals surface area contributed by atoms with Crippen LogP contribution in [0.15, 0.2) is 12.1 Å². The highest BCUT2D eigenvalue weighted by molar-refractivity contribution is 7.17. The molecule has 3 N–H and O–H groups in total. The quantitative estimate of drug-likeness (QED) is 0.597. The number of nitrogens with one attached hydrogen (secondary N) is 2. The SMILES string of the molecule is COc1cc(C(=O)Nc2nc(C)c(C(=O)NCC(=O)O)s2)cc(OC)c1OC. The van der Waals surface area contributed by atoms with E-state index in [1.807, 2.05) is 0 Å². The van der Waals surface area contributed by atoms with E-state index < -0.39 is 24.3 Å². The average Bonchev–Trinajstić information content (AvgIpc) is 3.04. The van der Waals surface area contributed by atoms with Crippen molar-refractivity contribution in [3.63, 3.8) is 0 Å². The van der Waals surface area contributed by atoms with Crippen molar-refractivity contribution in [3.05, 3.63) is 28.3 Å². The fourth-order valence-corrected chi connectivity index (χ4v) is 3.16. The van der Waals surface area contributed by atoms with Crippen LogP contribution in [-0.4, -0.2) is 55.7 Å². The lowest BCUT2D eigenvalue weighted by molar-refractivity contribution is -0.135. The third-order valence-electron chi connectivity index (χ3n) is 3.55. The van der Waals surface area contributed by atoms with Crippen molar-refractivity contribution in [1.82, 2.24) is 10.3 Å². The van der Waals surface area contributed by atoms with Gasteiger partial charge in [0.1, 0.15) is 11.4 Å². The van der Waals surface area contributed by atoms with E-state index in [2.05, 4.69) is 15.6 Å². The number of carbonyl (C=O) groups is 3. The van der Waals surface area contributed by atoms with Gasteiger partial charge >= 0.3 is 5.97 Å². The monoisotopic (exact) mass is 409 g/mol. The molecule has 0 aliphatic heterocycles. The van der Waals surface area contributed by atoms with Crippen molar-refractivity contribution in [2.45, 2.75) is 6.92 Å². The number of hydrogen-bond donors (Lipinski definition) is 3. The first-order valence-electron chi connectivity index (χ1n) is 7.89. The van der Waals surface area contributed by atoms with E-state index in [1.54, 1.807) is 6.92 Å². The summed E-state index contributed by atoms with van der Waals surface area (Å²) >= 11 is 0.935. The first-order valence-corrected chi connectivity index (χ1v) is 8.71. The van der Waals surface area contributed by atoms with Gasteiger partial charge < -0.3 is 24.6 Å². The number of ether oxygens (including phenoxy) is 3. The van der Waals surface area contributed by atoms with Crippen LogP contribution in [0, 0.1) is 6.92 Å². The molecule has 0 aliphatic rings. The zero-order valence-electron chi connectivity index (χ0n) is 15.6. The number of carbonyl (C=O) groups excluding carboxylic acids is 2. The predicted octanol–water partition coefficient (Wildman–Crippen LogP) is 1.54. The summed E-state index contributed by atoms with van der Waals surface area (Å²) in [5.74, 6) is -1.25. The van der Waals surface area contributed by atoms with E-state index in [4.69, 9.17) is 19.3 Å². The van der Waals surface area contributed by atoms with Gasteiger partial charge in [-0.05, 0) is 19.1 Å². The second-order valence-corrected chi connectivity index (χ2v) is 6.38. The summed E-state index contributed by atoms with van der Waals surface area (Å²) in [4.78, 5) is 39.5. The van der Waals surface area contributed by atoms with Crippen molar-refractivity contribution < 1.29 is 33.7 Å². The highest BCUT2D eigenvalue weighted by Gasteiger charge is 2.20. The number of methoxy groups -OCH3 is 3. The van der Waals surface area contributed by atoms with E-state index in [0.717, 1.165) is 11.3 Å². The van der Waals surface area contributed by atoms with E-state index in [9.17, 15) is 14.4 Å². The minimum absolute atomic E-state index is 0.191. The van der Waals surface area contributed by atoms with Crippen LogP contribution in [0.25, 0.3) is 0 Å². The third-order valence-corrected chi connectivity index (χ3v) is 4.62. The average molecular weight is 409 g/mol. The van der Waals surface area contributed by atoms with Gasteiger partial charge in [0.2, 0.25) is 5.75 Å². The molecule has 0 atom stereocenters. The molecular formula is C17H19N3O7S. The van der Waals surface area contributed by atoms with Gasteiger partial charge in [-0.3, -0.25) is 19.7 Å². The Morgan fingerprint density at radius 2 is 1.68 bits per heavy atom. The molecule has 0 fully saturated rings. The van der Waals surface area contributed by atoms with Crippen LogP contribution in [0.3, 0.4) is 0 Å². The first-order chi connectivity index (χ1) is 13.3. The molecule has 0 radical (unpaired) electrons. The van der Waals surface area contributed by atoms with Gasteiger partial charge in [0.15, 0.2) is 16.6 Å². The summed E-state index contributed by atoms with van der Waals surface area (Å²) in [6.45, 7) is 1.07. The van der Waals surface area contributed by atoms with Gasteiger partial charge in [-0.25, -0.2) is 4.98 Å². The number of rotatable bonds is 8. The minimum Gasteiger partial charge on any atom is -0.493 e. The standard InChI is InChI=1S/C17H19N3O7S/c1-8-14(16(24)18-7-12(21)22)28-17(19-8)20-15(23)9-5-10(25-2)13(27-4)11(6-9)26-3/h5-6H,7H2,1-4H3,(H,18,24)(H,21,22)(H,19,20,23). The summed E-state index contributed by atoms with van der Waals surface area (Å²) in [5, 5.41) is 13.7. The Bertz CT molecular complexity index is 885. The molecule has 1 aromatic heterocycles. The number of aromatic nitrogens is 1. The number of hydrogen-bond acceptors (Lipinski definition) is 8. The molecule has 28 heavy (non-hydrogen) atoms. The van der Waals surface area contributed by atoms with E-state index >= 15 is 0 Å². The Labute approximate surface area is 164 Å². The number of amides is 2. The Kier molecular flexibility index (Phi) is 6.77. The Morgan fingerprint density at radius 1 is 1.07 bits per heavy atom. The highest BCUT2D eigenvalue weighted by atomic mass is 32.1. The predicted molar refractivity (Wildman–Crippen MR) is 101 cm³/mol. The number of anilines is 1. The number of benzene rings is 1. The van der Waals surface area contributed by atoms with Crippen LogP contribution in [0.2, 0.25) is 0 Å². The number of aliphatic carboxylic acids is 1. The lowest BCUT2D eigenvalue weighted by Gasteiger charge is -2.13. The molecule has 0 bridgehead atoms. The zero-order chi connectivity index (χ0) is 20.8. The second-order valence-electron chi connectivity index (χ2n) is 5.38. The van der Waals surface area contributed by atoms with Crippen molar-refractivity contribution in [3.8, 4) is 17.2 Å². The van der Waals surface area contributed by atoms with Crippen LogP contribution in [0.4, 0.5) is 5.13 Å². The molecule has 11 heteroatoms. The van der Waals surface area contributed by atoms with Gasteiger partial charge in [0, 0.05) is 5.56 Å². The third kappa shape index (κ3) is 4.68. The Balaban J connectivity index is 2.23. The van der Waals surface area contributed by atoms with Crippen molar-refractivity contribution in [1.29, 1.82) is 0 Å². The summed E-state index contributed by atoms with van der Waals surface area (Å²) in [7, 11) is 4.33. The largest absolute Gasteiger partial charge is 0.493 e. The lowest BCUT2D eigenvalue weighted by Crippen LogP contribution is -2.29. The van der Waals surface area contributed by atoms with Gasteiger partial charge in [-0.1, -0.05) is 11.3 Å². The highest BCUT2D eigenvalue weighted by Crippen LogP contribution is 2.38. The lowest BCUT2D eigenvalue weighted by atomic mass is 10.1. The topological polar surface area (TPSA) is 136 Å². The number of aryl methyl sites for hydroxylation is 1. The van der Waals surface area contributed by atoms with Gasteiger partial charge in [0.05, 0.1) is 27.0 Å². The molecule has 1 aromatic carbocycles. The molecule has 10 nitrogen and oxygen atoms in total. The molecular weight excluding hydrogens is 390 g/mol. The first kappa shape index (κ1) is 21.0. The number of carboxylic acid groups (broad SMARTS) is 1. The second kappa shape index (κ2) is 9.04. The normalized spacial score (nSPS) is 10.1. The smallest absolute Gasteiger partial charge is 0.322 e. The zero-order valence-corrected chi connectivity index (χ0v) is 16.4. The van der Waals surface area contributed by atoms with Crippen LogP contribution in [-0.2, 0) is 4.79 Å². The summed E-state index contributed by atoms with van der Waals surface area (Å²) < 4.78 is 15.7. The van der Waals surface area contributed by atoms with Crippen LogP contribution >= 0.6 is 11.3 Å². The van der Waals surface area contributed by atoms with Crippen molar-refractivity contribution in [2.24, 2.45) is 0 Å². The number of nitrogens with zero attached hydrogens (tertiary/aromatic N) is 1. The van der Waals surface area contributed by atoms with Crippen molar-refractivity contribution in [2.75, 3.05) is 33.2 Å². The molecule has 0 unspecified atom stereocenters. The fourth-order valence-electron chi connectivity index (χ4n) is 2.28. The molecule has 0 spiro atoms. The van der Waals surface area contributed by atoms with Crippen LogP contribution in [0.5, 0.6) is 17.2 Å². The number of carboxylic acids is 1. The van der Waals surface area contributed by atoms with Crippen molar-refractivity contribution >= 4 is 34.3 Å². The maximum absolute atomic E-state index is 12.6. The Morgan fingerprint density at radius 3 is 2.18 bits per heavy atom. The molecule has 150 valence electrons. The Hall–Kier alpha value is -3.34. The molecule has 0 saturated heterocycles. The van der Waals surface area contributed by atoms with Gasteiger partial charge in [-0.2, -0.15) is 0 Å². The fraction of sp³-hybridized carbons (Fsp3) is 0.294. The maximum Gasteiger partial charge on any atom is 0.322 e. The summed E-state index contributed by atoms with van der Waals surface area (Å²) in [6.07, 6.45) is 0. The molecule has 2 rings (SSSR count). The number of thiazole rings is 1. The molecule has 0 saturated carbocycles. The van der Waals surface area contributed by atoms with Gasteiger partial charge in [0.25, 0.3) is 11.8 Å².